The Morgan fingerprint density at radius 3 is 2.73 bits per heavy atom. The van der Waals surface area contributed by atoms with Crippen molar-refractivity contribution >= 4 is 44.2 Å². The lowest BCUT2D eigenvalue weighted by atomic mass is 10.1. The van der Waals surface area contributed by atoms with Crippen LogP contribution in [0.4, 0.5) is 5.13 Å². The number of hydrogen-bond donors (Lipinski definition) is 0. The summed E-state index contributed by atoms with van der Waals surface area (Å²) in [4.78, 5) is 19.7. The summed E-state index contributed by atoms with van der Waals surface area (Å²) in [5.74, 6) is 1.44. The molecule has 2 aromatic heterocycles. The van der Waals surface area contributed by atoms with Crippen molar-refractivity contribution in [2.75, 3.05) is 12.0 Å². The van der Waals surface area contributed by atoms with Crippen LogP contribution in [0.3, 0.4) is 0 Å². The third kappa shape index (κ3) is 4.20. The molecule has 2 heterocycles. The number of carbonyl (C=O) groups is 1. The fourth-order valence-electron chi connectivity index (χ4n) is 3.40. The number of aromatic nitrogens is 1. The van der Waals surface area contributed by atoms with Crippen molar-refractivity contribution in [3.05, 3.63) is 76.2 Å². The minimum absolute atomic E-state index is 0.0567. The van der Waals surface area contributed by atoms with E-state index in [0.29, 0.717) is 22.5 Å². The van der Waals surface area contributed by atoms with Crippen molar-refractivity contribution in [2.45, 2.75) is 26.8 Å². The summed E-state index contributed by atoms with van der Waals surface area (Å²) in [5.41, 5.74) is 3.75. The van der Waals surface area contributed by atoms with E-state index in [1.54, 1.807) is 18.3 Å². The number of furan rings is 1. The van der Waals surface area contributed by atoms with Crippen LogP contribution in [0.5, 0.6) is 5.75 Å². The van der Waals surface area contributed by atoms with Crippen molar-refractivity contribution in [3.63, 3.8) is 0 Å². The van der Waals surface area contributed by atoms with Crippen LogP contribution in [0.1, 0.15) is 22.5 Å². The molecule has 0 bridgehead atoms. The number of fused-ring (bicyclic) bond motifs is 1. The van der Waals surface area contributed by atoms with Crippen molar-refractivity contribution in [2.24, 2.45) is 0 Å². The Labute approximate surface area is 183 Å². The largest absolute Gasteiger partial charge is 0.496 e. The summed E-state index contributed by atoms with van der Waals surface area (Å²) in [7, 11) is 1.64. The molecule has 0 aliphatic carbocycles. The van der Waals surface area contributed by atoms with Gasteiger partial charge in [0.15, 0.2) is 5.13 Å². The first kappa shape index (κ1) is 20.4. The summed E-state index contributed by atoms with van der Waals surface area (Å²) >= 11 is 7.66. The van der Waals surface area contributed by atoms with E-state index in [1.165, 1.54) is 11.3 Å². The van der Waals surface area contributed by atoms with E-state index >= 15 is 0 Å². The van der Waals surface area contributed by atoms with Gasteiger partial charge in [-0.3, -0.25) is 9.69 Å². The van der Waals surface area contributed by atoms with Crippen LogP contribution in [-0.2, 0) is 17.8 Å². The van der Waals surface area contributed by atoms with Gasteiger partial charge in [0, 0.05) is 5.02 Å². The molecule has 0 radical (unpaired) electrons. The van der Waals surface area contributed by atoms with Crippen LogP contribution >= 0.6 is 22.9 Å². The lowest BCUT2D eigenvalue weighted by Crippen LogP contribution is -2.31. The van der Waals surface area contributed by atoms with E-state index in [2.05, 4.69) is 0 Å². The molecule has 7 heteroatoms. The number of rotatable bonds is 6. The predicted octanol–water partition coefficient (Wildman–Crippen LogP) is 5.94. The molecule has 0 N–H and O–H groups in total. The summed E-state index contributed by atoms with van der Waals surface area (Å²) in [6, 6.07) is 13.2. The van der Waals surface area contributed by atoms with Crippen molar-refractivity contribution < 1.29 is 13.9 Å². The van der Waals surface area contributed by atoms with Crippen LogP contribution in [0.2, 0.25) is 5.02 Å². The Balaban J connectivity index is 1.68. The topological polar surface area (TPSA) is 55.6 Å². The monoisotopic (exact) mass is 440 g/mol. The Bertz CT molecular complexity index is 1200. The van der Waals surface area contributed by atoms with Gasteiger partial charge in [0.05, 0.1) is 36.6 Å². The number of benzene rings is 2. The van der Waals surface area contributed by atoms with Crippen molar-refractivity contribution in [3.8, 4) is 5.75 Å². The molecule has 4 rings (SSSR count). The molecule has 154 valence electrons. The predicted molar refractivity (Wildman–Crippen MR) is 121 cm³/mol. The zero-order valence-electron chi connectivity index (χ0n) is 16.9. The lowest BCUT2D eigenvalue weighted by Gasteiger charge is -2.19. The van der Waals surface area contributed by atoms with Gasteiger partial charge in [-0.1, -0.05) is 35.1 Å². The van der Waals surface area contributed by atoms with Gasteiger partial charge in [-0.25, -0.2) is 4.98 Å². The summed E-state index contributed by atoms with van der Waals surface area (Å²) in [6.07, 6.45) is 1.86. The highest BCUT2D eigenvalue weighted by Crippen LogP contribution is 2.34. The summed E-state index contributed by atoms with van der Waals surface area (Å²) in [5, 5.41) is 1.29. The van der Waals surface area contributed by atoms with Gasteiger partial charge in [0.25, 0.3) is 0 Å². The average Bonchev–Trinajstić information content (AvgIpc) is 3.35. The van der Waals surface area contributed by atoms with Gasteiger partial charge >= 0.3 is 0 Å². The van der Waals surface area contributed by atoms with Gasteiger partial charge in [0.2, 0.25) is 5.91 Å². The highest BCUT2D eigenvalue weighted by Gasteiger charge is 2.22. The lowest BCUT2D eigenvalue weighted by molar-refractivity contribution is -0.118. The standard InChI is InChI=1S/C23H21ClN2O3S/c1-14-9-16(6-7-19(14)28-3)11-21(27)26(13-18-5-4-8-29-18)23-25-22-15(2)10-17(24)12-20(22)30-23/h4-10,12H,11,13H2,1-3H3. The number of ether oxygens (including phenoxy) is 1. The maximum atomic E-state index is 13.3. The number of carbonyl (C=O) groups excluding carboxylic acids is 1. The number of amides is 1. The van der Waals surface area contributed by atoms with Crippen LogP contribution in [0.15, 0.2) is 53.1 Å². The van der Waals surface area contributed by atoms with E-state index in [9.17, 15) is 4.79 Å². The van der Waals surface area contributed by atoms with Crippen molar-refractivity contribution in [1.29, 1.82) is 0 Å². The third-order valence-corrected chi connectivity index (χ3v) is 6.12. The average molecular weight is 441 g/mol. The summed E-state index contributed by atoms with van der Waals surface area (Å²) < 4.78 is 11.8. The first-order valence-electron chi connectivity index (χ1n) is 9.47. The van der Waals surface area contributed by atoms with Crippen LogP contribution in [0, 0.1) is 13.8 Å². The number of thiazole rings is 1. The highest BCUT2D eigenvalue weighted by atomic mass is 35.5. The van der Waals surface area contributed by atoms with E-state index < -0.39 is 0 Å². The maximum absolute atomic E-state index is 13.3. The normalized spacial score (nSPS) is 11.1. The fourth-order valence-corrected chi connectivity index (χ4v) is 4.84. The molecule has 2 aromatic carbocycles. The Morgan fingerprint density at radius 2 is 2.03 bits per heavy atom. The molecule has 30 heavy (non-hydrogen) atoms. The zero-order valence-corrected chi connectivity index (χ0v) is 18.5. The Hall–Kier alpha value is -2.83. The third-order valence-electron chi connectivity index (χ3n) is 4.88. The van der Waals surface area contributed by atoms with E-state index in [-0.39, 0.29) is 12.3 Å². The highest BCUT2D eigenvalue weighted by molar-refractivity contribution is 7.22. The van der Waals surface area contributed by atoms with Crippen LogP contribution in [0.25, 0.3) is 10.2 Å². The van der Waals surface area contributed by atoms with Gasteiger partial charge < -0.3 is 9.15 Å². The molecule has 0 atom stereocenters. The molecule has 0 saturated heterocycles. The first-order chi connectivity index (χ1) is 14.4. The molecule has 0 aliphatic heterocycles. The quantitative estimate of drug-likeness (QED) is 0.372. The van der Waals surface area contributed by atoms with Crippen LogP contribution in [-0.4, -0.2) is 18.0 Å². The van der Waals surface area contributed by atoms with Crippen molar-refractivity contribution in [1.82, 2.24) is 4.98 Å². The maximum Gasteiger partial charge on any atom is 0.233 e. The number of hydrogen-bond acceptors (Lipinski definition) is 5. The number of nitrogens with zero attached hydrogens (tertiary/aromatic N) is 2. The van der Waals surface area contributed by atoms with Gasteiger partial charge in [0.1, 0.15) is 11.5 Å². The van der Waals surface area contributed by atoms with Gasteiger partial charge in [-0.15, -0.1) is 0 Å². The number of halogens is 1. The number of anilines is 1. The minimum atomic E-state index is -0.0567. The molecule has 0 saturated carbocycles. The number of aryl methyl sites for hydroxylation is 2. The second-order valence-corrected chi connectivity index (χ2v) is 8.55. The summed E-state index contributed by atoms with van der Waals surface area (Å²) in [6.45, 7) is 4.25. The van der Waals surface area contributed by atoms with Gasteiger partial charge in [-0.2, -0.15) is 0 Å². The molecule has 0 fully saturated rings. The Kier molecular flexibility index (Phi) is 5.79. The van der Waals surface area contributed by atoms with E-state index in [0.717, 1.165) is 32.7 Å². The molecule has 5 nitrogen and oxygen atoms in total. The first-order valence-corrected chi connectivity index (χ1v) is 10.7. The van der Waals surface area contributed by atoms with E-state index in [1.807, 2.05) is 56.3 Å². The fraction of sp³-hybridized carbons (Fsp3) is 0.217. The molecule has 0 aliphatic rings. The molecule has 1 amide bonds. The minimum Gasteiger partial charge on any atom is -0.496 e. The number of methoxy groups -OCH3 is 1. The zero-order chi connectivity index (χ0) is 21.3. The van der Waals surface area contributed by atoms with Crippen LogP contribution < -0.4 is 9.64 Å². The second-order valence-electron chi connectivity index (χ2n) is 7.11. The second kappa shape index (κ2) is 8.50. The SMILES string of the molecule is COc1ccc(CC(=O)N(Cc2ccco2)c2nc3c(C)cc(Cl)cc3s2)cc1C. The molecule has 0 spiro atoms. The Morgan fingerprint density at radius 1 is 1.20 bits per heavy atom. The molecule has 4 aromatic rings. The van der Waals surface area contributed by atoms with Gasteiger partial charge in [-0.05, 0) is 60.9 Å². The molecular formula is C23H21ClN2O3S. The molecular weight excluding hydrogens is 420 g/mol. The molecule has 0 unspecified atom stereocenters. The van der Waals surface area contributed by atoms with E-state index in [4.69, 9.17) is 25.7 Å². The smallest absolute Gasteiger partial charge is 0.233 e.